The Kier molecular flexibility index (Phi) is 4.71. The highest BCUT2D eigenvalue weighted by molar-refractivity contribution is 9.10. The standard InChI is InChI=1S/C13H15BrN2S/c1-2-12-8-16-13(17-12)9-15-7-10-3-5-11(14)6-4-10/h3-6,8,15H,2,7,9H2,1H3. The highest BCUT2D eigenvalue weighted by atomic mass is 79.9. The van der Waals surface area contributed by atoms with Crippen LogP contribution in [0.3, 0.4) is 0 Å². The molecule has 0 bridgehead atoms. The summed E-state index contributed by atoms with van der Waals surface area (Å²) in [7, 11) is 0. The van der Waals surface area contributed by atoms with Crippen molar-refractivity contribution in [3.63, 3.8) is 0 Å². The van der Waals surface area contributed by atoms with Gasteiger partial charge in [0.25, 0.3) is 0 Å². The summed E-state index contributed by atoms with van der Waals surface area (Å²) >= 11 is 5.22. The number of benzene rings is 1. The number of aromatic nitrogens is 1. The van der Waals surface area contributed by atoms with Crippen LogP contribution < -0.4 is 5.32 Å². The normalized spacial score (nSPS) is 10.7. The van der Waals surface area contributed by atoms with Gasteiger partial charge in [-0.25, -0.2) is 4.98 Å². The summed E-state index contributed by atoms with van der Waals surface area (Å²) < 4.78 is 1.12. The molecule has 0 aliphatic carbocycles. The van der Waals surface area contributed by atoms with Crippen molar-refractivity contribution in [3.05, 3.63) is 50.4 Å². The van der Waals surface area contributed by atoms with Gasteiger partial charge in [0, 0.05) is 28.6 Å². The fourth-order valence-electron chi connectivity index (χ4n) is 1.51. The van der Waals surface area contributed by atoms with Crippen LogP contribution in [0.25, 0.3) is 0 Å². The van der Waals surface area contributed by atoms with E-state index in [4.69, 9.17) is 0 Å². The Morgan fingerprint density at radius 2 is 2.00 bits per heavy atom. The number of thiazole rings is 1. The van der Waals surface area contributed by atoms with Crippen molar-refractivity contribution in [1.82, 2.24) is 10.3 Å². The van der Waals surface area contributed by atoms with Crippen LogP contribution in [0.2, 0.25) is 0 Å². The zero-order valence-electron chi connectivity index (χ0n) is 9.74. The van der Waals surface area contributed by atoms with Gasteiger partial charge in [-0.15, -0.1) is 11.3 Å². The second kappa shape index (κ2) is 6.28. The molecule has 0 radical (unpaired) electrons. The number of nitrogens with one attached hydrogen (secondary N) is 1. The molecule has 0 unspecified atom stereocenters. The minimum atomic E-state index is 0.848. The van der Waals surface area contributed by atoms with Crippen molar-refractivity contribution in [2.75, 3.05) is 0 Å². The quantitative estimate of drug-likeness (QED) is 0.909. The largest absolute Gasteiger partial charge is 0.306 e. The molecule has 0 atom stereocenters. The maximum atomic E-state index is 4.38. The van der Waals surface area contributed by atoms with E-state index >= 15 is 0 Å². The van der Waals surface area contributed by atoms with Crippen molar-refractivity contribution in [2.24, 2.45) is 0 Å². The highest BCUT2D eigenvalue weighted by Gasteiger charge is 2.00. The lowest BCUT2D eigenvalue weighted by Crippen LogP contribution is -2.12. The molecule has 0 saturated carbocycles. The molecule has 0 aliphatic heterocycles. The van der Waals surface area contributed by atoms with Crippen molar-refractivity contribution in [2.45, 2.75) is 26.4 Å². The van der Waals surface area contributed by atoms with E-state index in [1.165, 1.54) is 15.4 Å². The SMILES string of the molecule is CCc1cnc(CNCc2ccc(Br)cc2)s1. The summed E-state index contributed by atoms with van der Waals surface area (Å²) in [5.74, 6) is 0. The molecule has 2 aromatic rings. The molecule has 0 spiro atoms. The van der Waals surface area contributed by atoms with Gasteiger partial charge in [0.05, 0.1) is 0 Å². The fourth-order valence-corrected chi connectivity index (χ4v) is 2.61. The van der Waals surface area contributed by atoms with Crippen LogP contribution in [0.15, 0.2) is 34.9 Å². The van der Waals surface area contributed by atoms with Crippen LogP contribution in [0.5, 0.6) is 0 Å². The van der Waals surface area contributed by atoms with E-state index in [-0.39, 0.29) is 0 Å². The van der Waals surface area contributed by atoms with Crippen molar-refractivity contribution < 1.29 is 0 Å². The fraction of sp³-hybridized carbons (Fsp3) is 0.308. The van der Waals surface area contributed by atoms with E-state index in [1.54, 1.807) is 11.3 Å². The minimum absolute atomic E-state index is 0.848. The maximum absolute atomic E-state index is 4.38. The molecule has 90 valence electrons. The molecular formula is C13H15BrN2S. The Balaban J connectivity index is 1.81. The molecule has 17 heavy (non-hydrogen) atoms. The second-order valence-electron chi connectivity index (χ2n) is 3.80. The maximum Gasteiger partial charge on any atom is 0.107 e. The van der Waals surface area contributed by atoms with Crippen LogP contribution in [0, 0.1) is 0 Å². The van der Waals surface area contributed by atoms with E-state index in [0.717, 1.165) is 24.0 Å². The Bertz CT molecular complexity index is 465. The zero-order valence-corrected chi connectivity index (χ0v) is 12.1. The van der Waals surface area contributed by atoms with Gasteiger partial charge in [0.15, 0.2) is 0 Å². The van der Waals surface area contributed by atoms with Gasteiger partial charge < -0.3 is 5.32 Å². The molecule has 0 aliphatic rings. The number of rotatable bonds is 5. The van der Waals surface area contributed by atoms with Crippen LogP contribution in [-0.2, 0) is 19.5 Å². The molecule has 1 aromatic heterocycles. The van der Waals surface area contributed by atoms with Crippen molar-refractivity contribution in [1.29, 1.82) is 0 Å². The van der Waals surface area contributed by atoms with E-state index < -0.39 is 0 Å². The van der Waals surface area contributed by atoms with Crippen molar-refractivity contribution in [3.8, 4) is 0 Å². The number of halogens is 1. The molecule has 1 heterocycles. The first-order valence-corrected chi connectivity index (χ1v) is 7.27. The van der Waals surface area contributed by atoms with Crippen LogP contribution in [0.1, 0.15) is 22.4 Å². The number of nitrogens with zero attached hydrogens (tertiary/aromatic N) is 1. The van der Waals surface area contributed by atoms with Gasteiger partial charge in [0.2, 0.25) is 0 Å². The van der Waals surface area contributed by atoms with Crippen LogP contribution in [-0.4, -0.2) is 4.98 Å². The van der Waals surface area contributed by atoms with E-state index in [9.17, 15) is 0 Å². The van der Waals surface area contributed by atoms with Crippen molar-refractivity contribution >= 4 is 27.3 Å². The molecule has 4 heteroatoms. The average molecular weight is 311 g/mol. The Labute approximate surface area is 114 Å². The third kappa shape index (κ3) is 3.91. The first-order valence-electron chi connectivity index (χ1n) is 5.66. The summed E-state index contributed by atoms with van der Waals surface area (Å²) in [4.78, 5) is 5.73. The number of hydrogen-bond acceptors (Lipinski definition) is 3. The zero-order chi connectivity index (χ0) is 12.1. The summed E-state index contributed by atoms with van der Waals surface area (Å²) in [5, 5.41) is 4.57. The molecule has 2 rings (SSSR count). The van der Waals surface area contributed by atoms with Gasteiger partial charge in [-0.1, -0.05) is 35.0 Å². The van der Waals surface area contributed by atoms with Gasteiger partial charge in [-0.2, -0.15) is 0 Å². The lowest BCUT2D eigenvalue weighted by Gasteiger charge is -2.02. The third-order valence-corrected chi connectivity index (χ3v) is 4.14. The first-order chi connectivity index (χ1) is 8.28. The molecular weight excluding hydrogens is 296 g/mol. The molecule has 0 fully saturated rings. The smallest absolute Gasteiger partial charge is 0.107 e. The van der Waals surface area contributed by atoms with E-state index in [1.807, 2.05) is 6.20 Å². The van der Waals surface area contributed by atoms with Gasteiger partial charge >= 0.3 is 0 Å². The third-order valence-electron chi connectivity index (χ3n) is 2.47. The van der Waals surface area contributed by atoms with Crippen LogP contribution >= 0.6 is 27.3 Å². The minimum Gasteiger partial charge on any atom is -0.306 e. The average Bonchev–Trinajstić information content (AvgIpc) is 2.80. The Morgan fingerprint density at radius 3 is 2.65 bits per heavy atom. The van der Waals surface area contributed by atoms with E-state index in [2.05, 4.69) is 57.4 Å². The Hall–Kier alpha value is -0.710. The summed E-state index contributed by atoms with van der Waals surface area (Å²) in [5.41, 5.74) is 1.29. The second-order valence-corrected chi connectivity index (χ2v) is 5.92. The predicted octanol–water partition coefficient (Wildman–Crippen LogP) is 3.76. The summed E-state index contributed by atoms with van der Waals surface area (Å²) in [6.45, 7) is 3.89. The molecule has 0 amide bonds. The van der Waals surface area contributed by atoms with Gasteiger partial charge in [-0.3, -0.25) is 0 Å². The molecule has 2 nitrogen and oxygen atoms in total. The van der Waals surface area contributed by atoms with Gasteiger partial charge in [-0.05, 0) is 24.1 Å². The first kappa shape index (κ1) is 12.7. The number of hydrogen-bond donors (Lipinski definition) is 1. The summed E-state index contributed by atoms with van der Waals surface area (Å²) in [6, 6.07) is 8.37. The number of aryl methyl sites for hydroxylation is 1. The van der Waals surface area contributed by atoms with E-state index in [0.29, 0.717) is 0 Å². The molecule has 0 saturated heterocycles. The lowest BCUT2D eigenvalue weighted by molar-refractivity contribution is 0.690. The lowest BCUT2D eigenvalue weighted by atomic mass is 10.2. The molecule has 1 aromatic carbocycles. The highest BCUT2D eigenvalue weighted by Crippen LogP contribution is 2.13. The van der Waals surface area contributed by atoms with Crippen LogP contribution in [0.4, 0.5) is 0 Å². The topological polar surface area (TPSA) is 24.9 Å². The monoisotopic (exact) mass is 310 g/mol. The Morgan fingerprint density at radius 1 is 1.24 bits per heavy atom. The predicted molar refractivity (Wildman–Crippen MR) is 76.2 cm³/mol. The molecule has 1 N–H and O–H groups in total. The summed E-state index contributed by atoms with van der Waals surface area (Å²) in [6.07, 6.45) is 3.05. The van der Waals surface area contributed by atoms with Gasteiger partial charge in [0.1, 0.15) is 5.01 Å².